The van der Waals surface area contributed by atoms with Crippen molar-refractivity contribution in [3.05, 3.63) is 63.7 Å². The van der Waals surface area contributed by atoms with E-state index in [-0.39, 0.29) is 4.83 Å². The van der Waals surface area contributed by atoms with Crippen LogP contribution in [0.3, 0.4) is 0 Å². The first-order valence-corrected chi connectivity index (χ1v) is 7.96. The number of hydrogen-bond acceptors (Lipinski definition) is 1. The van der Waals surface area contributed by atoms with Gasteiger partial charge in [0.25, 0.3) is 0 Å². The Labute approximate surface area is 134 Å². The van der Waals surface area contributed by atoms with E-state index in [9.17, 15) is 0 Å². The van der Waals surface area contributed by atoms with Crippen molar-refractivity contribution in [2.24, 2.45) is 0 Å². The van der Waals surface area contributed by atoms with Gasteiger partial charge in [-0.05, 0) is 44.0 Å². The molecule has 106 valence electrons. The zero-order valence-electron chi connectivity index (χ0n) is 11.9. The fraction of sp³-hybridized carbons (Fsp3) is 0.294. The molecule has 0 fully saturated rings. The highest BCUT2D eigenvalue weighted by atomic mass is 79.9. The lowest BCUT2D eigenvalue weighted by Crippen LogP contribution is -2.02. The van der Waals surface area contributed by atoms with Gasteiger partial charge in [0.1, 0.15) is 5.75 Å². The summed E-state index contributed by atoms with van der Waals surface area (Å²) in [6.45, 7) is 6.79. The van der Waals surface area contributed by atoms with Crippen molar-refractivity contribution in [2.75, 3.05) is 6.61 Å². The molecular formula is C17H18BrClO. The van der Waals surface area contributed by atoms with Crippen LogP contribution in [0, 0.1) is 13.8 Å². The van der Waals surface area contributed by atoms with Crippen LogP contribution in [0.1, 0.15) is 34.0 Å². The molecule has 0 aliphatic heterocycles. The molecule has 1 unspecified atom stereocenters. The number of alkyl halides is 1. The Balaban J connectivity index is 2.49. The summed E-state index contributed by atoms with van der Waals surface area (Å²) >= 11 is 10.0. The standard InChI is InChI=1S/C17H18BrClO/c1-4-20-16-9-8-11(2)10-14(16)17(18)13-6-5-7-15(19)12(13)3/h5-10,17H,4H2,1-3H3. The molecule has 3 heteroatoms. The minimum atomic E-state index is 0.0719. The number of hydrogen-bond donors (Lipinski definition) is 0. The van der Waals surface area contributed by atoms with Gasteiger partial charge >= 0.3 is 0 Å². The lowest BCUT2D eigenvalue weighted by molar-refractivity contribution is 0.337. The maximum atomic E-state index is 6.23. The van der Waals surface area contributed by atoms with E-state index in [0.717, 1.165) is 21.9 Å². The number of benzene rings is 2. The number of ether oxygens (including phenoxy) is 1. The summed E-state index contributed by atoms with van der Waals surface area (Å²) in [6, 6.07) is 12.2. The van der Waals surface area contributed by atoms with Crippen molar-refractivity contribution in [3.63, 3.8) is 0 Å². The van der Waals surface area contributed by atoms with Gasteiger partial charge in [-0.3, -0.25) is 0 Å². The van der Waals surface area contributed by atoms with E-state index in [1.54, 1.807) is 0 Å². The predicted molar refractivity (Wildman–Crippen MR) is 89.3 cm³/mol. The van der Waals surface area contributed by atoms with Crippen LogP contribution < -0.4 is 4.74 Å². The molecule has 0 saturated carbocycles. The molecule has 2 aromatic rings. The summed E-state index contributed by atoms with van der Waals surface area (Å²) < 4.78 is 5.74. The second-order valence-electron chi connectivity index (χ2n) is 4.79. The molecule has 2 rings (SSSR count). The minimum Gasteiger partial charge on any atom is -0.494 e. The smallest absolute Gasteiger partial charge is 0.123 e. The van der Waals surface area contributed by atoms with Crippen LogP contribution in [0.25, 0.3) is 0 Å². The summed E-state index contributed by atoms with van der Waals surface area (Å²) in [5, 5.41) is 0.789. The van der Waals surface area contributed by atoms with E-state index in [2.05, 4.69) is 41.1 Å². The van der Waals surface area contributed by atoms with Crippen molar-refractivity contribution in [3.8, 4) is 5.75 Å². The largest absolute Gasteiger partial charge is 0.494 e. The average molecular weight is 354 g/mol. The van der Waals surface area contributed by atoms with Crippen LogP contribution in [0.15, 0.2) is 36.4 Å². The number of rotatable bonds is 4. The van der Waals surface area contributed by atoms with Gasteiger partial charge in [0.05, 0.1) is 11.4 Å². The molecule has 0 aliphatic carbocycles. The highest BCUT2D eigenvalue weighted by Gasteiger charge is 2.18. The van der Waals surface area contributed by atoms with Gasteiger partial charge in [-0.1, -0.05) is 57.4 Å². The summed E-state index contributed by atoms with van der Waals surface area (Å²) in [4.78, 5) is 0.0719. The lowest BCUT2D eigenvalue weighted by Gasteiger charge is -2.18. The Hall–Kier alpha value is -0.990. The Morgan fingerprint density at radius 3 is 2.60 bits per heavy atom. The van der Waals surface area contributed by atoms with Gasteiger partial charge < -0.3 is 4.74 Å². The molecule has 0 amide bonds. The van der Waals surface area contributed by atoms with Crippen LogP contribution in [-0.4, -0.2) is 6.61 Å². The normalized spacial score (nSPS) is 12.2. The predicted octanol–water partition coefficient (Wildman–Crippen LogP) is 5.84. The van der Waals surface area contributed by atoms with Crippen LogP contribution in [0.4, 0.5) is 0 Å². The lowest BCUT2D eigenvalue weighted by atomic mass is 9.98. The molecule has 0 aliphatic rings. The molecule has 0 aromatic heterocycles. The highest BCUT2D eigenvalue weighted by Crippen LogP contribution is 2.39. The molecule has 0 heterocycles. The molecule has 20 heavy (non-hydrogen) atoms. The number of halogens is 2. The van der Waals surface area contributed by atoms with E-state index in [1.807, 2.05) is 32.0 Å². The Kier molecular flexibility index (Phi) is 5.11. The van der Waals surface area contributed by atoms with Gasteiger partial charge in [-0.15, -0.1) is 0 Å². The molecule has 0 N–H and O–H groups in total. The van der Waals surface area contributed by atoms with Gasteiger partial charge in [0.2, 0.25) is 0 Å². The van der Waals surface area contributed by atoms with Crippen molar-refractivity contribution < 1.29 is 4.74 Å². The van der Waals surface area contributed by atoms with Gasteiger partial charge in [0.15, 0.2) is 0 Å². The second kappa shape index (κ2) is 6.64. The zero-order chi connectivity index (χ0) is 14.7. The third kappa shape index (κ3) is 3.18. The van der Waals surface area contributed by atoms with Crippen LogP contribution >= 0.6 is 27.5 Å². The van der Waals surface area contributed by atoms with Crippen LogP contribution in [0.2, 0.25) is 5.02 Å². The van der Waals surface area contributed by atoms with Gasteiger partial charge in [-0.2, -0.15) is 0 Å². The summed E-state index contributed by atoms with van der Waals surface area (Å²) in [6.07, 6.45) is 0. The topological polar surface area (TPSA) is 9.23 Å². The van der Waals surface area contributed by atoms with E-state index >= 15 is 0 Å². The third-order valence-electron chi connectivity index (χ3n) is 3.32. The fourth-order valence-corrected chi connectivity index (χ4v) is 3.25. The number of aryl methyl sites for hydroxylation is 1. The van der Waals surface area contributed by atoms with E-state index in [1.165, 1.54) is 11.1 Å². The molecule has 0 spiro atoms. The molecule has 1 atom stereocenters. The summed E-state index contributed by atoms with van der Waals surface area (Å²) in [5.74, 6) is 0.916. The van der Waals surface area contributed by atoms with Gasteiger partial charge in [0, 0.05) is 10.6 Å². The molecule has 0 saturated heterocycles. The van der Waals surface area contributed by atoms with E-state index in [0.29, 0.717) is 6.61 Å². The fourth-order valence-electron chi connectivity index (χ4n) is 2.22. The second-order valence-corrected chi connectivity index (χ2v) is 6.11. The summed E-state index contributed by atoms with van der Waals surface area (Å²) in [5.41, 5.74) is 4.62. The molecular weight excluding hydrogens is 336 g/mol. The molecule has 2 aromatic carbocycles. The Morgan fingerprint density at radius 1 is 1.15 bits per heavy atom. The molecule has 1 nitrogen and oxygen atoms in total. The van der Waals surface area contributed by atoms with Crippen molar-refractivity contribution in [1.82, 2.24) is 0 Å². The summed E-state index contributed by atoms with van der Waals surface area (Å²) in [7, 11) is 0. The van der Waals surface area contributed by atoms with Crippen LogP contribution in [-0.2, 0) is 0 Å². The first kappa shape index (κ1) is 15.4. The van der Waals surface area contributed by atoms with Gasteiger partial charge in [-0.25, -0.2) is 0 Å². The van der Waals surface area contributed by atoms with Crippen molar-refractivity contribution in [2.45, 2.75) is 25.6 Å². The average Bonchev–Trinajstić information content (AvgIpc) is 2.43. The van der Waals surface area contributed by atoms with Crippen molar-refractivity contribution >= 4 is 27.5 Å². The molecule has 0 bridgehead atoms. The third-order valence-corrected chi connectivity index (χ3v) is 4.72. The SMILES string of the molecule is CCOc1ccc(C)cc1C(Br)c1cccc(Cl)c1C. The Morgan fingerprint density at radius 2 is 1.90 bits per heavy atom. The highest BCUT2D eigenvalue weighted by molar-refractivity contribution is 9.09. The first-order chi connectivity index (χ1) is 9.54. The quantitative estimate of drug-likeness (QED) is 0.627. The van der Waals surface area contributed by atoms with Crippen LogP contribution in [0.5, 0.6) is 5.75 Å². The van der Waals surface area contributed by atoms with Crippen molar-refractivity contribution in [1.29, 1.82) is 0 Å². The van der Waals surface area contributed by atoms with E-state index in [4.69, 9.17) is 16.3 Å². The zero-order valence-corrected chi connectivity index (χ0v) is 14.3. The maximum Gasteiger partial charge on any atom is 0.123 e. The maximum absolute atomic E-state index is 6.23. The van der Waals surface area contributed by atoms with E-state index < -0.39 is 0 Å². The Bertz CT molecular complexity index is 610. The minimum absolute atomic E-state index is 0.0719. The first-order valence-electron chi connectivity index (χ1n) is 6.67. The molecule has 0 radical (unpaired) electrons. The monoisotopic (exact) mass is 352 g/mol.